The van der Waals surface area contributed by atoms with Gasteiger partial charge in [-0.1, -0.05) is 44.0 Å². The monoisotopic (exact) mass is 443 g/mol. The van der Waals surface area contributed by atoms with Crippen LogP contribution in [0.5, 0.6) is 0 Å². The molecule has 0 spiro atoms. The predicted octanol–water partition coefficient (Wildman–Crippen LogP) is 4.58. The Morgan fingerprint density at radius 1 is 1.00 bits per heavy atom. The fourth-order valence-corrected chi connectivity index (χ4v) is 3.42. The molecule has 1 fully saturated rings. The number of nitrogens with one attached hydrogen (secondary N) is 1. The van der Waals surface area contributed by atoms with Crippen molar-refractivity contribution in [1.82, 2.24) is 10.2 Å². The van der Waals surface area contributed by atoms with Crippen LogP contribution in [0, 0.1) is 5.41 Å². The van der Waals surface area contributed by atoms with Crippen LogP contribution < -0.4 is 10.2 Å². The summed E-state index contributed by atoms with van der Waals surface area (Å²) in [7, 11) is 0. The van der Waals surface area contributed by atoms with Gasteiger partial charge in [-0.25, -0.2) is 4.79 Å². The number of carbonyl (C=O) groups is 2. The molecular formula is C21H31Cl2N3O3. The summed E-state index contributed by atoms with van der Waals surface area (Å²) in [6.07, 6.45) is -0.583. The minimum Gasteiger partial charge on any atom is -0.444 e. The molecule has 0 bridgehead atoms. The highest BCUT2D eigenvalue weighted by molar-refractivity contribution is 6.42. The number of anilines is 1. The molecule has 1 aliphatic rings. The summed E-state index contributed by atoms with van der Waals surface area (Å²) in [6.45, 7) is 13.6. The normalized spacial score (nSPS) is 16.4. The maximum atomic E-state index is 13.2. The molecule has 6 nitrogen and oxygen atoms in total. The molecule has 8 heteroatoms. The van der Waals surface area contributed by atoms with Gasteiger partial charge < -0.3 is 19.9 Å². The van der Waals surface area contributed by atoms with Crippen LogP contribution >= 0.6 is 23.2 Å². The smallest absolute Gasteiger partial charge is 0.408 e. The Morgan fingerprint density at radius 2 is 1.59 bits per heavy atom. The van der Waals surface area contributed by atoms with Crippen molar-refractivity contribution in [2.75, 3.05) is 31.1 Å². The molecule has 1 aromatic rings. The first kappa shape index (κ1) is 23.6. The first-order valence-corrected chi connectivity index (χ1v) is 10.5. The molecule has 1 unspecified atom stereocenters. The molecule has 2 rings (SSSR count). The lowest BCUT2D eigenvalue weighted by Gasteiger charge is -2.40. The second-order valence-electron chi connectivity index (χ2n) is 9.36. The molecule has 162 valence electrons. The summed E-state index contributed by atoms with van der Waals surface area (Å²) in [5.41, 5.74) is -0.0960. The topological polar surface area (TPSA) is 61.9 Å². The van der Waals surface area contributed by atoms with Gasteiger partial charge in [-0.15, -0.1) is 0 Å². The molecule has 1 aliphatic heterocycles. The number of halogens is 2. The number of benzene rings is 1. The third-order valence-electron chi connectivity index (χ3n) is 4.63. The highest BCUT2D eigenvalue weighted by atomic mass is 35.5. The third kappa shape index (κ3) is 6.68. The van der Waals surface area contributed by atoms with Crippen molar-refractivity contribution in [3.63, 3.8) is 0 Å². The molecule has 1 atom stereocenters. The predicted molar refractivity (Wildman–Crippen MR) is 118 cm³/mol. The first-order valence-electron chi connectivity index (χ1n) is 9.76. The van der Waals surface area contributed by atoms with Crippen LogP contribution in [0.4, 0.5) is 10.5 Å². The summed E-state index contributed by atoms with van der Waals surface area (Å²) in [6, 6.07) is 4.86. The average Bonchev–Trinajstić information content (AvgIpc) is 2.59. The van der Waals surface area contributed by atoms with Crippen LogP contribution in [0.1, 0.15) is 41.5 Å². The lowest BCUT2D eigenvalue weighted by Crippen LogP contribution is -2.59. The second kappa shape index (κ2) is 9.00. The van der Waals surface area contributed by atoms with Gasteiger partial charge in [0, 0.05) is 31.9 Å². The summed E-state index contributed by atoms with van der Waals surface area (Å²) >= 11 is 12.1. The van der Waals surface area contributed by atoms with Crippen LogP contribution in [0.2, 0.25) is 10.0 Å². The fourth-order valence-electron chi connectivity index (χ4n) is 3.12. The van der Waals surface area contributed by atoms with E-state index in [9.17, 15) is 9.59 Å². The van der Waals surface area contributed by atoms with Crippen molar-refractivity contribution in [1.29, 1.82) is 0 Å². The van der Waals surface area contributed by atoms with Gasteiger partial charge in [0.05, 0.1) is 10.0 Å². The zero-order chi connectivity index (χ0) is 22.0. The standard InChI is InChI=1S/C21H31Cl2N3O3/c1-20(2,3)17(24-19(28)29-21(4,5)6)18(27)26-11-9-25(10-12-26)14-7-8-15(22)16(23)13-14/h7-8,13,17H,9-12H2,1-6H3,(H,24,28). The van der Waals surface area contributed by atoms with Crippen molar-refractivity contribution in [2.45, 2.75) is 53.2 Å². The van der Waals surface area contributed by atoms with Gasteiger partial charge in [0.1, 0.15) is 11.6 Å². The number of rotatable bonds is 3. The molecule has 0 saturated carbocycles. The summed E-state index contributed by atoms with van der Waals surface area (Å²) in [5, 5.41) is 3.80. The van der Waals surface area contributed by atoms with Crippen molar-refractivity contribution < 1.29 is 14.3 Å². The summed E-state index contributed by atoms with van der Waals surface area (Å²) in [4.78, 5) is 29.4. The molecule has 1 saturated heterocycles. The highest BCUT2D eigenvalue weighted by Crippen LogP contribution is 2.28. The molecule has 29 heavy (non-hydrogen) atoms. The van der Waals surface area contributed by atoms with Crippen molar-refractivity contribution in [3.05, 3.63) is 28.2 Å². The quantitative estimate of drug-likeness (QED) is 0.742. The zero-order valence-electron chi connectivity index (χ0n) is 18.0. The molecule has 2 amide bonds. The van der Waals surface area contributed by atoms with E-state index in [0.29, 0.717) is 36.2 Å². The Kier molecular flexibility index (Phi) is 7.33. The Morgan fingerprint density at radius 3 is 2.07 bits per heavy atom. The Labute approximate surface area is 183 Å². The molecule has 1 N–H and O–H groups in total. The molecule has 0 radical (unpaired) electrons. The van der Waals surface area contributed by atoms with E-state index in [4.69, 9.17) is 27.9 Å². The van der Waals surface area contributed by atoms with Gasteiger partial charge >= 0.3 is 6.09 Å². The van der Waals surface area contributed by atoms with Crippen LogP contribution in [0.15, 0.2) is 18.2 Å². The Hall–Kier alpha value is -1.66. The number of ether oxygens (including phenoxy) is 1. The molecule has 0 aliphatic carbocycles. The largest absolute Gasteiger partial charge is 0.444 e. The van der Waals surface area contributed by atoms with E-state index in [1.807, 2.05) is 32.9 Å². The van der Waals surface area contributed by atoms with E-state index in [0.717, 1.165) is 5.69 Å². The summed E-state index contributed by atoms with van der Waals surface area (Å²) < 4.78 is 5.34. The lowest BCUT2D eigenvalue weighted by molar-refractivity contribution is -0.136. The van der Waals surface area contributed by atoms with Gasteiger partial charge in [-0.2, -0.15) is 0 Å². The van der Waals surface area contributed by atoms with Crippen molar-refractivity contribution in [2.24, 2.45) is 5.41 Å². The molecule has 1 heterocycles. The van der Waals surface area contributed by atoms with Crippen molar-refractivity contribution in [3.8, 4) is 0 Å². The second-order valence-corrected chi connectivity index (χ2v) is 10.2. The van der Waals surface area contributed by atoms with E-state index in [1.54, 1.807) is 31.7 Å². The first-order chi connectivity index (χ1) is 13.3. The fraction of sp³-hybridized carbons (Fsp3) is 0.619. The van der Waals surface area contributed by atoms with E-state index in [1.165, 1.54) is 0 Å². The number of alkyl carbamates (subject to hydrolysis) is 1. The van der Waals surface area contributed by atoms with E-state index < -0.39 is 23.2 Å². The number of hydrogen-bond acceptors (Lipinski definition) is 4. The van der Waals surface area contributed by atoms with Gasteiger partial charge in [-0.3, -0.25) is 4.79 Å². The number of hydrogen-bond donors (Lipinski definition) is 1. The maximum absolute atomic E-state index is 13.2. The maximum Gasteiger partial charge on any atom is 0.408 e. The molecule has 1 aromatic carbocycles. The molecule has 0 aromatic heterocycles. The van der Waals surface area contributed by atoms with Gasteiger partial charge in [0.15, 0.2) is 0 Å². The van der Waals surface area contributed by atoms with Gasteiger partial charge in [-0.05, 0) is 44.4 Å². The molecular weight excluding hydrogens is 413 g/mol. The van der Waals surface area contributed by atoms with Crippen molar-refractivity contribution >= 4 is 40.9 Å². The van der Waals surface area contributed by atoms with Crippen LogP contribution in [-0.4, -0.2) is 54.7 Å². The van der Waals surface area contributed by atoms with Crippen LogP contribution in [0.3, 0.4) is 0 Å². The minimum absolute atomic E-state index is 0.0999. The SMILES string of the molecule is CC(C)(C)OC(=O)NC(C(=O)N1CCN(c2ccc(Cl)c(Cl)c2)CC1)C(C)(C)C. The third-order valence-corrected chi connectivity index (χ3v) is 5.37. The van der Waals surface area contributed by atoms with E-state index >= 15 is 0 Å². The lowest BCUT2D eigenvalue weighted by atomic mass is 9.85. The van der Waals surface area contributed by atoms with Crippen LogP contribution in [0.25, 0.3) is 0 Å². The number of carbonyl (C=O) groups excluding carboxylic acids is 2. The van der Waals surface area contributed by atoms with E-state index in [-0.39, 0.29) is 5.91 Å². The summed E-state index contributed by atoms with van der Waals surface area (Å²) in [5.74, 6) is -0.0999. The minimum atomic E-state index is -0.672. The van der Waals surface area contributed by atoms with Crippen LogP contribution in [-0.2, 0) is 9.53 Å². The average molecular weight is 444 g/mol. The Balaban J connectivity index is 2.03. The number of piperazine rings is 1. The number of amides is 2. The van der Waals surface area contributed by atoms with Gasteiger partial charge in [0.25, 0.3) is 0 Å². The van der Waals surface area contributed by atoms with E-state index in [2.05, 4.69) is 10.2 Å². The van der Waals surface area contributed by atoms with Gasteiger partial charge in [0.2, 0.25) is 5.91 Å². The Bertz CT molecular complexity index is 749. The highest BCUT2D eigenvalue weighted by Gasteiger charge is 2.37. The number of nitrogens with zero attached hydrogens (tertiary/aromatic N) is 2. The zero-order valence-corrected chi connectivity index (χ0v) is 19.5.